The van der Waals surface area contributed by atoms with Crippen molar-refractivity contribution >= 4 is 0 Å². The lowest BCUT2D eigenvalue weighted by molar-refractivity contribution is -0.0128. The number of hydrogen-bond donors (Lipinski definition) is 1. The maximum Gasteiger partial charge on any atom is 0.0745 e. The number of hydrogen-bond acceptors (Lipinski definition) is 2. The van der Waals surface area contributed by atoms with Crippen LogP contribution in [0.5, 0.6) is 0 Å². The summed E-state index contributed by atoms with van der Waals surface area (Å²) in [4.78, 5) is 0. The lowest BCUT2D eigenvalue weighted by Crippen LogP contribution is -2.36. The Morgan fingerprint density at radius 1 is 1.00 bits per heavy atom. The lowest BCUT2D eigenvalue weighted by Gasteiger charge is -2.29. The monoisotopic (exact) mass is 229 g/mol. The Morgan fingerprint density at radius 2 is 1.56 bits per heavy atom. The molecule has 0 aromatic heterocycles. The quantitative estimate of drug-likeness (QED) is 0.611. The van der Waals surface area contributed by atoms with Crippen LogP contribution in [0.1, 0.15) is 66.2 Å². The summed E-state index contributed by atoms with van der Waals surface area (Å²) in [6, 6.07) is 0. The molecule has 0 aliphatic heterocycles. The Labute approximate surface area is 102 Å². The Morgan fingerprint density at radius 3 is 2.06 bits per heavy atom. The zero-order valence-electron chi connectivity index (χ0n) is 11.7. The van der Waals surface area contributed by atoms with Crippen molar-refractivity contribution in [2.24, 2.45) is 11.1 Å². The van der Waals surface area contributed by atoms with Gasteiger partial charge >= 0.3 is 0 Å². The van der Waals surface area contributed by atoms with E-state index in [9.17, 15) is 0 Å². The Balaban J connectivity index is 3.42. The summed E-state index contributed by atoms with van der Waals surface area (Å²) in [5.41, 5.74) is 5.88. The van der Waals surface area contributed by atoms with Gasteiger partial charge in [-0.15, -0.1) is 0 Å². The normalized spacial score (nSPS) is 14.1. The average Bonchev–Trinajstić information content (AvgIpc) is 2.20. The minimum atomic E-state index is 0.164. The van der Waals surface area contributed by atoms with Crippen LogP contribution in [0.2, 0.25) is 0 Å². The highest BCUT2D eigenvalue weighted by Crippen LogP contribution is 2.21. The second-order valence-electron chi connectivity index (χ2n) is 5.73. The van der Waals surface area contributed by atoms with E-state index in [2.05, 4.69) is 27.7 Å². The highest BCUT2D eigenvalue weighted by Gasteiger charge is 2.23. The Kier molecular flexibility index (Phi) is 8.96. The van der Waals surface area contributed by atoms with Crippen molar-refractivity contribution in [3.05, 3.63) is 0 Å². The average molecular weight is 229 g/mol. The van der Waals surface area contributed by atoms with Crippen molar-refractivity contribution in [1.82, 2.24) is 0 Å². The first-order valence-electron chi connectivity index (χ1n) is 6.84. The molecule has 0 aliphatic carbocycles. The van der Waals surface area contributed by atoms with Gasteiger partial charge in [0.05, 0.1) is 6.10 Å². The highest BCUT2D eigenvalue weighted by molar-refractivity contribution is 4.75. The lowest BCUT2D eigenvalue weighted by atomic mass is 9.89. The van der Waals surface area contributed by atoms with E-state index in [-0.39, 0.29) is 11.5 Å². The summed E-state index contributed by atoms with van der Waals surface area (Å²) in [5.74, 6) is 0. The van der Waals surface area contributed by atoms with Gasteiger partial charge in [-0.3, -0.25) is 0 Å². The first-order chi connectivity index (χ1) is 7.52. The molecular formula is C14H31NO. The first kappa shape index (κ1) is 15.9. The zero-order chi connectivity index (χ0) is 12.4. The molecule has 0 aromatic rings. The fourth-order valence-electron chi connectivity index (χ4n) is 1.78. The molecule has 1 atom stereocenters. The highest BCUT2D eigenvalue weighted by atomic mass is 16.5. The second kappa shape index (κ2) is 9.00. The predicted octanol–water partition coefficient (Wildman–Crippen LogP) is 3.74. The summed E-state index contributed by atoms with van der Waals surface area (Å²) < 4.78 is 5.84. The summed E-state index contributed by atoms with van der Waals surface area (Å²) >= 11 is 0. The first-order valence-corrected chi connectivity index (χ1v) is 6.84. The van der Waals surface area contributed by atoms with Gasteiger partial charge in [0.15, 0.2) is 0 Å². The molecule has 0 bridgehead atoms. The molecule has 0 saturated heterocycles. The molecule has 0 aliphatic rings. The minimum Gasteiger partial charge on any atom is -0.376 e. The van der Waals surface area contributed by atoms with Crippen molar-refractivity contribution in [2.75, 3.05) is 13.2 Å². The van der Waals surface area contributed by atoms with Crippen molar-refractivity contribution < 1.29 is 4.74 Å². The smallest absolute Gasteiger partial charge is 0.0745 e. The van der Waals surface area contributed by atoms with E-state index in [0.717, 1.165) is 6.61 Å². The van der Waals surface area contributed by atoms with E-state index in [1.807, 2.05) is 0 Å². The van der Waals surface area contributed by atoms with Gasteiger partial charge < -0.3 is 10.5 Å². The van der Waals surface area contributed by atoms with Gasteiger partial charge in [0, 0.05) is 13.2 Å². The molecular weight excluding hydrogens is 198 g/mol. The molecule has 0 heterocycles. The summed E-state index contributed by atoms with van der Waals surface area (Å²) in [6.07, 6.45) is 8.07. The van der Waals surface area contributed by atoms with Crippen LogP contribution in [0.15, 0.2) is 0 Å². The summed E-state index contributed by atoms with van der Waals surface area (Å²) in [5, 5.41) is 0. The third-order valence-electron chi connectivity index (χ3n) is 3.00. The minimum absolute atomic E-state index is 0.164. The SMILES string of the molecule is CCCCCCCCOC(CN)C(C)(C)C. The molecule has 0 saturated carbocycles. The van der Waals surface area contributed by atoms with Gasteiger partial charge in [-0.25, -0.2) is 0 Å². The van der Waals surface area contributed by atoms with E-state index < -0.39 is 0 Å². The maximum absolute atomic E-state index is 5.84. The maximum atomic E-state index is 5.84. The fraction of sp³-hybridized carbons (Fsp3) is 1.00. The second-order valence-corrected chi connectivity index (χ2v) is 5.73. The third kappa shape index (κ3) is 8.12. The van der Waals surface area contributed by atoms with Crippen molar-refractivity contribution in [1.29, 1.82) is 0 Å². The Bertz CT molecular complexity index is 151. The summed E-state index contributed by atoms with van der Waals surface area (Å²) in [6.45, 7) is 10.3. The molecule has 0 amide bonds. The van der Waals surface area contributed by atoms with Crippen LogP contribution in [-0.2, 0) is 4.74 Å². The van der Waals surface area contributed by atoms with Crippen LogP contribution in [0.25, 0.3) is 0 Å². The third-order valence-corrected chi connectivity index (χ3v) is 3.00. The van der Waals surface area contributed by atoms with Gasteiger partial charge in [0.1, 0.15) is 0 Å². The Hall–Kier alpha value is -0.0800. The predicted molar refractivity (Wildman–Crippen MR) is 71.6 cm³/mol. The zero-order valence-corrected chi connectivity index (χ0v) is 11.7. The molecule has 98 valence electrons. The molecule has 0 radical (unpaired) electrons. The number of nitrogens with two attached hydrogens (primary N) is 1. The van der Waals surface area contributed by atoms with E-state index in [1.165, 1.54) is 38.5 Å². The molecule has 2 nitrogen and oxygen atoms in total. The van der Waals surface area contributed by atoms with Crippen LogP contribution in [0.3, 0.4) is 0 Å². The van der Waals surface area contributed by atoms with Gasteiger partial charge in [-0.05, 0) is 11.8 Å². The van der Waals surface area contributed by atoms with Gasteiger partial charge in [-0.1, -0.05) is 59.8 Å². The van der Waals surface area contributed by atoms with E-state index in [1.54, 1.807) is 0 Å². The van der Waals surface area contributed by atoms with E-state index in [4.69, 9.17) is 10.5 Å². The van der Waals surface area contributed by atoms with Crippen molar-refractivity contribution in [2.45, 2.75) is 72.3 Å². The number of ether oxygens (including phenoxy) is 1. The topological polar surface area (TPSA) is 35.2 Å². The molecule has 0 rings (SSSR count). The number of unbranched alkanes of at least 4 members (excludes halogenated alkanes) is 5. The van der Waals surface area contributed by atoms with Gasteiger partial charge in [0.25, 0.3) is 0 Å². The van der Waals surface area contributed by atoms with Gasteiger partial charge in [-0.2, -0.15) is 0 Å². The number of rotatable bonds is 9. The molecule has 2 heteroatoms. The molecule has 0 aromatic carbocycles. The molecule has 1 unspecified atom stereocenters. The van der Waals surface area contributed by atoms with Crippen LogP contribution in [0, 0.1) is 5.41 Å². The molecule has 2 N–H and O–H groups in total. The molecule has 16 heavy (non-hydrogen) atoms. The van der Waals surface area contributed by atoms with Crippen LogP contribution >= 0.6 is 0 Å². The van der Waals surface area contributed by atoms with Crippen LogP contribution < -0.4 is 5.73 Å². The molecule has 0 spiro atoms. The van der Waals surface area contributed by atoms with Crippen molar-refractivity contribution in [3.63, 3.8) is 0 Å². The van der Waals surface area contributed by atoms with Crippen LogP contribution in [0.4, 0.5) is 0 Å². The summed E-state index contributed by atoms with van der Waals surface area (Å²) in [7, 11) is 0. The standard InChI is InChI=1S/C14H31NO/c1-5-6-7-8-9-10-11-16-13(12-15)14(2,3)4/h13H,5-12,15H2,1-4H3. The largest absolute Gasteiger partial charge is 0.376 e. The fourth-order valence-corrected chi connectivity index (χ4v) is 1.78. The van der Waals surface area contributed by atoms with Gasteiger partial charge in [0.2, 0.25) is 0 Å². The van der Waals surface area contributed by atoms with E-state index in [0.29, 0.717) is 6.54 Å². The van der Waals surface area contributed by atoms with Crippen LogP contribution in [-0.4, -0.2) is 19.3 Å². The van der Waals surface area contributed by atoms with E-state index >= 15 is 0 Å². The van der Waals surface area contributed by atoms with Crippen molar-refractivity contribution in [3.8, 4) is 0 Å². The molecule has 0 fully saturated rings.